The molecule has 118 valence electrons. The maximum atomic E-state index is 6.12. The Labute approximate surface area is 140 Å². The van der Waals surface area contributed by atoms with E-state index in [4.69, 9.17) is 11.6 Å². The zero-order valence-corrected chi connectivity index (χ0v) is 13.9. The average molecular weight is 327 g/mol. The maximum Gasteiger partial charge on any atom is 0.0755 e. The molecule has 23 heavy (non-hydrogen) atoms. The lowest BCUT2D eigenvalue weighted by molar-refractivity contribution is 0.313. The van der Waals surface area contributed by atoms with Gasteiger partial charge in [-0.1, -0.05) is 11.6 Å². The molecule has 1 saturated heterocycles. The van der Waals surface area contributed by atoms with Gasteiger partial charge < -0.3 is 9.80 Å². The highest BCUT2D eigenvalue weighted by atomic mass is 35.5. The molecular weight excluding hydrogens is 308 g/mol. The van der Waals surface area contributed by atoms with Crippen LogP contribution in [0.15, 0.2) is 48.7 Å². The molecule has 2 heterocycles. The van der Waals surface area contributed by atoms with Crippen LogP contribution in [0.1, 0.15) is 0 Å². The fourth-order valence-electron chi connectivity index (χ4n) is 3.07. The number of nitrogens with zero attached hydrogens (tertiary/aromatic N) is 4. The van der Waals surface area contributed by atoms with E-state index in [1.54, 1.807) is 0 Å². The molecule has 0 radical (unpaired) electrons. The second kappa shape index (κ2) is 5.87. The third-order valence-electron chi connectivity index (χ3n) is 4.50. The summed E-state index contributed by atoms with van der Waals surface area (Å²) in [6, 6.07) is 14.5. The predicted octanol–water partition coefficient (Wildman–Crippen LogP) is 3.43. The Hall–Kier alpha value is -2.04. The summed E-state index contributed by atoms with van der Waals surface area (Å²) in [7, 11) is 2.17. The summed E-state index contributed by atoms with van der Waals surface area (Å²) in [4.78, 5) is 4.80. The number of aromatic nitrogens is 2. The van der Waals surface area contributed by atoms with Gasteiger partial charge in [0, 0.05) is 42.3 Å². The van der Waals surface area contributed by atoms with Gasteiger partial charge in [-0.2, -0.15) is 5.10 Å². The normalized spacial score (nSPS) is 16.2. The van der Waals surface area contributed by atoms with Crippen LogP contribution in [0.25, 0.3) is 16.6 Å². The summed E-state index contributed by atoms with van der Waals surface area (Å²) in [5, 5.41) is 6.32. The van der Waals surface area contributed by atoms with Crippen molar-refractivity contribution in [3.63, 3.8) is 0 Å². The minimum atomic E-state index is 0.730. The average Bonchev–Trinajstić information content (AvgIpc) is 2.99. The smallest absolute Gasteiger partial charge is 0.0755 e. The molecule has 5 heteroatoms. The van der Waals surface area contributed by atoms with E-state index in [1.807, 2.05) is 29.1 Å². The number of hydrogen-bond acceptors (Lipinski definition) is 3. The van der Waals surface area contributed by atoms with Gasteiger partial charge in [-0.15, -0.1) is 0 Å². The van der Waals surface area contributed by atoms with Crippen molar-refractivity contribution >= 4 is 28.2 Å². The highest BCUT2D eigenvalue weighted by Crippen LogP contribution is 2.24. The molecule has 0 N–H and O–H groups in total. The lowest BCUT2D eigenvalue weighted by Crippen LogP contribution is -2.44. The van der Waals surface area contributed by atoms with Crippen LogP contribution in [0.5, 0.6) is 0 Å². The summed E-state index contributed by atoms with van der Waals surface area (Å²) in [5.74, 6) is 0. The van der Waals surface area contributed by atoms with Crippen molar-refractivity contribution in [2.24, 2.45) is 0 Å². The van der Waals surface area contributed by atoms with E-state index < -0.39 is 0 Å². The lowest BCUT2D eigenvalue weighted by Gasteiger charge is -2.34. The molecule has 0 spiro atoms. The van der Waals surface area contributed by atoms with Crippen molar-refractivity contribution in [2.75, 3.05) is 38.1 Å². The van der Waals surface area contributed by atoms with E-state index in [1.165, 1.54) is 5.69 Å². The molecule has 1 aromatic heterocycles. The van der Waals surface area contributed by atoms with E-state index >= 15 is 0 Å². The first-order chi connectivity index (χ1) is 11.2. The van der Waals surface area contributed by atoms with Crippen molar-refractivity contribution in [3.05, 3.63) is 53.7 Å². The van der Waals surface area contributed by atoms with Crippen LogP contribution in [-0.4, -0.2) is 47.9 Å². The standard InChI is InChI=1S/C18H19ClN4/c1-21-8-10-22(11-9-21)16-4-6-17(7-5-16)23-18-12-15(19)3-2-14(18)13-20-23/h2-7,12-13H,8-11H2,1H3. The van der Waals surface area contributed by atoms with Gasteiger partial charge in [0.05, 0.1) is 17.4 Å². The Kier molecular flexibility index (Phi) is 3.71. The van der Waals surface area contributed by atoms with E-state index in [-0.39, 0.29) is 0 Å². The molecule has 1 aliphatic heterocycles. The molecule has 0 bridgehead atoms. The molecule has 0 atom stereocenters. The van der Waals surface area contributed by atoms with E-state index in [0.717, 1.165) is 47.8 Å². The third-order valence-corrected chi connectivity index (χ3v) is 4.73. The van der Waals surface area contributed by atoms with Gasteiger partial charge >= 0.3 is 0 Å². The Morgan fingerprint density at radius 2 is 1.61 bits per heavy atom. The number of halogens is 1. The van der Waals surface area contributed by atoms with Crippen LogP contribution in [-0.2, 0) is 0 Å². The SMILES string of the molecule is CN1CCN(c2ccc(-n3ncc4ccc(Cl)cc43)cc2)CC1. The number of likely N-dealkylation sites (N-methyl/N-ethyl adjacent to an activating group) is 1. The molecule has 4 rings (SSSR count). The van der Waals surface area contributed by atoms with Crippen LogP contribution in [0.3, 0.4) is 0 Å². The monoisotopic (exact) mass is 326 g/mol. The van der Waals surface area contributed by atoms with Crippen molar-refractivity contribution < 1.29 is 0 Å². The van der Waals surface area contributed by atoms with Crippen molar-refractivity contribution in [2.45, 2.75) is 0 Å². The number of rotatable bonds is 2. The first kappa shape index (κ1) is 14.5. The van der Waals surface area contributed by atoms with Gasteiger partial charge in [0.1, 0.15) is 0 Å². The van der Waals surface area contributed by atoms with Crippen LogP contribution >= 0.6 is 11.6 Å². The molecule has 0 saturated carbocycles. The topological polar surface area (TPSA) is 24.3 Å². The largest absolute Gasteiger partial charge is 0.369 e. The summed E-state index contributed by atoms with van der Waals surface area (Å²) < 4.78 is 1.94. The fourth-order valence-corrected chi connectivity index (χ4v) is 3.23. The Bertz CT molecular complexity index is 817. The minimum Gasteiger partial charge on any atom is -0.369 e. The lowest BCUT2D eigenvalue weighted by atomic mass is 10.2. The third kappa shape index (κ3) is 2.80. The quantitative estimate of drug-likeness (QED) is 0.721. The molecule has 0 aliphatic carbocycles. The van der Waals surface area contributed by atoms with E-state index in [9.17, 15) is 0 Å². The van der Waals surface area contributed by atoms with Gasteiger partial charge in [-0.05, 0) is 49.5 Å². The summed E-state index contributed by atoms with van der Waals surface area (Å²) in [6.45, 7) is 4.39. The highest BCUT2D eigenvalue weighted by Gasteiger charge is 2.14. The Morgan fingerprint density at radius 1 is 0.913 bits per heavy atom. The van der Waals surface area contributed by atoms with Crippen molar-refractivity contribution in [1.82, 2.24) is 14.7 Å². The molecule has 3 aromatic rings. The summed E-state index contributed by atoms with van der Waals surface area (Å²) in [5.41, 5.74) is 3.36. The molecule has 1 fully saturated rings. The zero-order valence-electron chi connectivity index (χ0n) is 13.1. The highest BCUT2D eigenvalue weighted by molar-refractivity contribution is 6.31. The number of anilines is 1. The fraction of sp³-hybridized carbons (Fsp3) is 0.278. The molecular formula is C18H19ClN4. The van der Waals surface area contributed by atoms with Crippen LogP contribution < -0.4 is 4.90 Å². The first-order valence-corrected chi connectivity index (χ1v) is 8.26. The first-order valence-electron chi connectivity index (χ1n) is 7.88. The Morgan fingerprint density at radius 3 is 2.35 bits per heavy atom. The maximum absolute atomic E-state index is 6.12. The van der Waals surface area contributed by atoms with Gasteiger partial charge in [0.2, 0.25) is 0 Å². The second-order valence-electron chi connectivity index (χ2n) is 6.07. The number of hydrogen-bond donors (Lipinski definition) is 0. The minimum absolute atomic E-state index is 0.730. The predicted molar refractivity (Wildman–Crippen MR) is 95.8 cm³/mol. The van der Waals surface area contributed by atoms with Gasteiger partial charge in [0.15, 0.2) is 0 Å². The molecule has 2 aromatic carbocycles. The Balaban J connectivity index is 1.63. The van der Waals surface area contributed by atoms with Gasteiger partial charge in [0.25, 0.3) is 0 Å². The van der Waals surface area contributed by atoms with Crippen molar-refractivity contribution in [3.8, 4) is 5.69 Å². The van der Waals surface area contributed by atoms with Gasteiger partial charge in [-0.3, -0.25) is 0 Å². The number of benzene rings is 2. The van der Waals surface area contributed by atoms with Crippen LogP contribution in [0.4, 0.5) is 5.69 Å². The second-order valence-corrected chi connectivity index (χ2v) is 6.50. The van der Waals surface area contributed by atoms with Crippen LogP contribution in [0, 0.1) is 0 Å². The number of fused-ring (bicyclic) bond motifs is 1. The van der Waals surface area contributed by atoms with Crippen LogP contribution in [0.2, 0.25) is 5.02 Å². The summed E-state index contributed by atoms with van der Waals surface area (Å²) >= 11 is 6.12. The van der Waals surface area contributed by atoms with E-state index in [0.29, 0.717) is 0 Å². The molecule has 4 nitrogen and oxygen atoms in total. The molecule has 0 amide bonds. The van der Waals surface area contributed by atoms with E-state index in [2.05, 4.69) is 46.2 Å². The number of piperazine rings is 1. The summed E-state index contributed by atoms with van der Waals surface area (Å²) in [6.07, 6.45) is 1.88. The van der Waals surface area contributed by atoms with Crippen molar-refractivity contribution in [1.29, 1.82) is 0 Å². The molecule has 0 unspecified atom stereocenters. The van der Waals surface area contributed by atoms with Gasteiger partial charge in [-0.25, -0.2) is 4.68 Å². The molecule has 1 aliphatic rings. The zero-order chi connectivity index (χ0) is 15.8.